The summed E-state index contributed by atoms with van der Waals surface area (Å²) in [6.07, 6.45) is 2.18. The zero-order chi connectivity index (χ0) is 20.1. The van der Waals surface area contributed by atoms with E-state index in [0.29, 0.717) is 25.9 Å². The van der Waals surface area contributed by atoms with Crippen LogP contribution in [0.3, 0.4) is 0 Å². The first kappa shape index (κ1) is 20.4. The van der Waals surface area contributed by atoms with Crippen LogP contribution in [-0.4, -0.2) is 41.0 Å². The fourth-order valence-electron chi connectivity index (χ4n) is 3.66. The predicted molar refractivity (Wildman–Crippen MR) is 112 cm³/mol. The van der Waals surface area contributed by atoms with Crippen LogP contribution in [0.5, 0.6) is 5.75 Å². The first-order chi connectivity index (χ1) is 13.5. The summed E-state index contributed by atoms with van der Waals surface area (Å²) in [6, 6.07) is 14.7. The molecule has 6 heteroatoms. The van der Waals surface area contributed by atoms with Crippen LogP contribution in [0.2, 0.25) is 0 Å². The van der Waals surface area contributed by atoms with Crippen LogP contribution in [0, 0.1) is 0 Å². The molecule has 0 aliphatic carbocycles. The molecule has 5 nitrogen and oxygen atoms in total. The fourth-order valence-corrected chi connectivity index (χ4v) is 4.01. The van der Waals surface area contributed by atoms with E-state index < -0.39 is 0 Å². The number of piperidine rings is 1. The molecule has 2 aromatic carbocycles. The third kappa shape index (κ3) is 4.73. The maximum absolute atomic E-state index is 13.0. The average Bonchev–Trinajstić information content (AvgIpc) is 2.69. The number of nitrogens with one attached hydrogen (secondary N) is 1. The number of carbonyl (C=O) groups excluding carboxylic acids is 2. The molecule has 0 bridgehead atoms. The second-order valence-corrected chi connectivity index (χ2v) is 8.02. The molecule has 148 valence electrons. The van der Waals surface area contributed by atoms with E-state index in [-0.39, 0.29) is 35.1 Å². The van der Waals surface area contributed by atoms with Gasteiger partial charge in [-0.1, -0.05) is 53.2 Å². The fraction of sp³-hybridized carbons (Fsp3) is 0.364. The summed E-state index contributed by atoms with van der Waals surface area (Å²) in [7, 11) is 0. The molecule has 3 rings (SSSR count). The molecule has 1 fully saturated rings. The Kier molecular flexibility index (Phi) is 6.73. The quantitative estimate of drug-likeness (QED) is 0.729. The molecule has 1 atom stereocenters. The van der Waals surface area contributed by atoms with Crippen LogP contribution in [0.4, 0.5) is 0 Å². The Labute approximate surface area is 173 Å². The van der Waals surface area contributed by atoms with E-state index >= 15 is 0 Å². The van der Waals surface area contributed by atoms with Crippen molar-refractivity contribution in [2.24, 2.45) is 0 Å². The SMILES string of the molecule is CCC(C(=O)N1CCC(NC(=O)c2ccc(Br)cc2O)CC1)c1ccccc1. The number of halogens is 1. The number of carbonyl (C=O) groups is 2. The van der Waals surface area contributed by atoms with Gasteiger partial charge in [-0.2, -0.15) is 0 Å². The van der Waals surface area contributed by atoms with Crippen molar-refractivity contribution in [3.05, 3.63) is 64.1 Å². The number of phenolic OH excluding ortho intramolecular Hbond substituents is 1. The van der Waals surface area contributed by atoms with Crippen molar-refractivity contribution in [2.45, 2.75) is 38.1 Å². The lowest BCUT2D eigenvalue weighted by Crippen LogP contribution is -2.47. The van der Waals surface area contributed by atoms with Crippen LogP contribution >= 0.6 is 15.9 Å². The van der Waals surface area contributed by atoms with Crippen molar-refractivity contribution in [1.29, 1.82) is 0 Å². The summed E-state index contributed by atoms with van der Waals surface area (Å²) in [6.45, 7) is 3.28. The van der Waals surface area contributed by atoms with Gasteiger partial charge in [0.25, 0.3) is 5.91 Å². The Hall–Kier alpha value is -2.34. The maximum atomic E-state index is 13.0. The summed E-state index contributed by atoms with van der Waals surface area (Å²) in [5.74, 6) is -0.297. The van der Waals surface area contributed by atoms with Crippen molar-refractivity contribution < 1.29 is 14.7 Å². The molecule has 1 heterocycles. The lowest BCUT2D eigenvalue weighted by Gasteiger charge is -2.34. The van der Waals surface area contributed by atoms with Gasteiger partial charge in [0.15, 0.2) is 0 Å². The summed E-state index contributed by atoms with van der Waals surface area (Å²) >= 11 is 3.27. The third-order valence-corrected chi connectivity index (χ3v) is 5.75. The lowest BCUT2D eigenvalue weighted by atomic mass is 9.93. The van der Waals surface area contributed by atoms with Crippen molar-refractivity contribution in [3.63, 3.8) is 0 Å². The molecular weight excluding hydrogens is 420 g/mol. The molecular formula is C22H25BrN2O3. The summed E-state index contributed by atoms with van der Waals surface area (Å²) in [5.41, 5.74) is 1.31. The largest absolute Gasteiger partial charge is 0.507 e. The molecule has 1 saturated heterocycles. The highest BCUT2D eigenvalue weighted by Crippen LogP contribution is 2.25. The Morgan fingerprint density at radius 2 is 1.86 bits per heavy atom. The van der Waals surface area contributed by atoms with Gasteiger partial charge in [-0.25, -0.2) is 0 Å². The molecule has 2 aromatic rings. The van der Waals surface area contributed by atoms with Gasteiger partial charge in [-0.15, -0.1) is 0 Å². The van der Waals surface area contributed by atoms with E-state index in [4.69, 9.17) is 0 Å². The van der Waals surface area contributed by atoms with Gasteiger partial charge in [0.2, 0.25) is 5.91 Å². The molecule has 1 unspecified atom stereocenters. The number of hydrogen-bond donors (Lipinski definition) is 2. The molecule has 0 radical (unpaired) electrons. The van der Waals surface area contributed by atoms with E-state index in [1.165, 1.54) is 6.07 Å². The first-order valence-corrected chi connectivity index (χ1v) is 10.4. The highest BCUT2D eigenvalue weighted by atomic mass is 79.9. The maximum Gasteiger partial charge on any atom is 0.255 e. The molecule has 1 aliphatic heterocycles. The Morgan fingerprint density at radius 1 is 1.18 bits per heavy atom. The number of rotatable bonds is 5. The molecule has 1 aliphatic rings. The van der Waals surface area contributed by atoms with E-state index in [9.17, 15) is 14.7 Å². The number of benzene rings is 2. The summed E-state index contributed by atoms with van der Waals surface area (Å²) in [4.78, 5) is 27.3. The number of phenols is 1. The molecule has 2 amide bonds. The second kappa shape index (κ2) is 9.24. The first-order valence-electron chi connectivity index (χ1n) is 9.62. The molecule has 0 spiro atoms. The Bertz CT molecular complexity index is 833. The van der Waals surface area contributed by atoms with Crippen LogP contribution in [0.25, 0.3) is 0 Å². The standard InChI is InChI=1S/C22H25BrN2O3/c1-2-18(15-6-4-3-5-7-15)22(28)25-12-10-17(11-13-25)24-21(27)19-9-8-16(23)14-20(19)26/h3-9,14,17-18,26H,2,10-13H2,1H3,(H,24,27). The summed E-state index contributed by atoms with van der Waals surface area (Å²) < 4.78 is 0.720. The van der Waals surface area contributed by atoms with Crippen molar-refractivity contribution in [2.75, 3.05) is 13.1 Å². The van der Waals surface area contributed by atoms with Crippen molar-refractivity contribution in [1.82, 2.24) is 10.2 Å². The van der Waals surface area contributed by atoms with Gasteiger partial charge in [0.05, 0.1) is 11.5 Å². The van der Waals surface area contributed by atoms with Gasteiger partial charge in [0.1, 0.15) is 5.75 Å². The van der Waals surface area contributed by atoms with Gasteiger partial charge in [0, 0.05) is 23.6 Å². The zero-order valence-corrected chi connectivity index (χ0v) is 17.5. The minimum absolute atomic E-state index is 0.00333. The average molecular weight is 445 g/mol. The minimum atomic E-state index is -0.287. The van der Waals surface area contributed by atoms with Crippen molar-refractivity contribution >= 4 is 27.7 Å². The van der Waals surface area contributed by atoms with Crippen molar-refractivity contribution in [3.8, 4) is 5.75 Å². The smallest absolute Gasteiger partial charge is 0.255 e. The van der Waals surface area contributed by atoms with Gasteiger partial charge in [-0.3, -0.25) is 9.59 Å². The monoisotopic (exact) mass is 444 g/mol. The summed E-state index contributed by atoms with van der Waals surface area (Å²) in [5, 5.41) is 12.9. The van der Waals surface area contributed by atoms with E-state index in [1.807, 2.05) is 42.2 Å². The highest BCUT2D eigenvalue weighted by molar-refractivity contribution is 9.10. The molecule has 28 heavy (non-hydrogen) atoms. The van der Waals surface area contributed by atoms with Crippen LogP contribution < -0.4 is 5.32 Å². The number of hydrogen-bond acceptors (Lipinski definition) is 3. The Balaban J connectivity index is 1.56. The van der Waals surface area contributed by atoms with E-state index in [0.717, 1.165) is 16.5 Å². The minimum Gasteiger partial charge on any atom is -0.507 e. The van der Waals surface area contributed by atoms with E-state index in [2.05, 4.69) is 21.2 Å². The number of amides is 2. The number of nitrogens with zero attached hydrogens (tertiary/aromatic N) is 1. The molecule has 0 aromatic heterocycles. The second-order valence-electron chi connectivity index (χ2n) is 7.11. The molecule has 2 N–H and O–H groups in total. The topological polar surface area (TPSA) is 69.6 Å². The van der Waals surface area contributed by atoms with Crippen LogP contribution in [-0.2, 0) is 4.79 Å². The third-order valence-electron chi connectivity index (χ3n) is 5.25. The van der Waals surface area contributed by atoms with Crippen LogP contribution in [0.15, 0.2) is 53.0 Å². The zero-order valence-electron chi connectivity index (χ0n) is 15.9. The highest BCUT2D eigenvalue weighted by Gasteiger charge is 2.29. The lowest BCUT2D eigenvalue weighted by molar-refractivity contribution is -0.134. The Morgan fingerprint density at radius 3 is 2.46 bits per heavy atom. The van der Waals surface area contributed by atoms with Gasteiger partial charge < -0.3 is 15.3 Å². The number of aromatic hydroxyl groups is 1. The predicted octanol–water partition coefficient (Wildman–Crippen LogP) is 4.07. The van der Waals surface area contributed by atoms with Gasteiger partial charge in [-0.05, 0) is 43.0 Å². The number of likely N-dealkylation sites (tertiary alicyclic amines) is 1. The van der Waals surface area contributed by atoms with E-state index in [1.54, 1.807) is 12.1 Å². The molecule has 0 saturated carbocycles. The van der Waals surface area contributed by atoms with Crippen LogP contribution in [0.1, 0.15) is 48.0 Å². The normalized spacial score (nSPS) is 15.9. The van der Waals surface area contributed by atoms with Gasteiger partial charge >= 0.3 is 0 Å².